The minimum Gasteiger partial charge on any atom is -0.354 e. The van der Waals surface area contributed by atoms with Crippen molar-refractivity contribution >= 4 is 27.7 Å². The van der Waals surface area contributed by atoms with Crippen molar-refractivity contribution < 1.29 is 14.0 Å². The maximum absolute atomic E-state index is 13.1. The molecular formula is C22H26BrFN2O2. The van der Waals surface area contributed by atoms with Crippen LogP contribution in [-0.2, 0) is 22.6 Å². The highest BCUT2D eigenvalue weighted by molar-refractivity contribution is 9.10. The fourth-order valence-electron chi connectivity index (χ4n) is 2.70. The van der Waals surface area contributed by atoms with E-state index in [0.717, 1.165) is 10.0 Å². The first kappa shape index (κ1) is 22.1. The van der Waals surface area contributed by atoms with Crippen LogP contribution < -0.4 is 5.32 Å². The minimum atomic E-state index is -0.615. The van der Waals surface area contributed by atoms with Gasteiger partial charge in [-0.25, -0.2) is 4.39 Å². The first-order valence-electron chi connectivity index (χ1n) is 9.32. The van der Waals surface area contributed by atoms with Gasteiger partial charge >= 0.3 is 0 Å². The Hall–Kier alpha value is -2.21. The molecule has 6 heteroatoms. The predicted octanol–water partition coefficient (Wildman–Crippen LogP) is 4.32. The number of carbonyl (C=O) groups excluding carboxylic acids is 2. The Balaban J connectivity index is 2.18. The number of nitrogens with zero attached hydrogens (tertiary/aromatic N) is 1. The van der Waals surface area contributed by atoms with Crippen LogP contribution in [0.25, 0.3) is 0 Å². The first-order chi connectivity index (χ1) is 13.3. The summed E-state index contributed by atoms with van der Waals surface area (Å²) in [6.45, 7) is 6.65. The van der Waals surface area contributed by atoms with Gasteiger partial charge in [0.25, 0.3) is 0 Å². The molecule has 2 aromatic rings. The van der Waals surface area contributed by atoms with E-state index >= 15 is 0 Å². The van der Waals surface area contributed by atoms with Crippen LogP contribution >= 0.6 is 15.9 Å². The molecule has 0 saturated carbocycles. The van der Waals surface area contributed by atoms with Crippen LogP contribution in [0, 0.1) is 11.7 Å². The van der Waals surface area contributed by atoms with Gasteiger partial charge in [-0.3, -0.25) is 9.59 Å². The second-order valence-electron chi connectivity index (χ2n) is 7.27. The first-order valence-corrected chi connectivity index (χ1v) is 10.1. The van der Waals surface area contributed by atoms with Gasteiger partial charge in [-0.2, -0.15) is 0 Å². The molecule has 0 aliphatic heterocycles. The van der Waals surface area contributed by atoms with Gasteiger partial charge in [0.15, 0.2) is 0 Å². The van der Waals surface area contributed by atoms with Crippen molar-refractivity contribution in [2.24, 2.45) is 5.92 Å². The Morgan fingerprint density at radius 1 is 1.00 bits per heavy atom. The zero-order valence-electron chi connectivity index (χ0n) is 16.4. The third-order valence-electron chi connectivity index (χ3n) is 4.39. The molecule has 0 fully saturated rings. The van der Waals surface area contributed by atoms with Crippen molar-refractivity contribution in [1.29, 1.82) is 0 Å². The molecule has 0 unspecified atom stereocenters. The highest BCUT2D eigenvalue weighted by Gasteiger charge is 2.26. The van der Waals surface area contributed by atoms with Gasteiger partial charge in [0.1, 0.15) is 11.9 Å². The number of carbonyl (C=O) groups is 2. The Bertz CT molecular complexity index is 791. The summed E-state index contributed by atoms with van der Waals surface area (Å²) in [6.07, 6.45) is 0.110. The van der Waals surface area contributed by atoms with Crippen molar-refractivity contribution in [3.63, 3.8) is 0 Å². The van der Waals surface area contributed by atoms with Crippen LogP contribution in [-0.4, -0.2) is 29.3 Å². The van der Waals surface area contributed by atoms with E-state index in [1.165, 1.54) is 12.1 Å². The lowest BCUT2D eigenvalue weighted by Gasteiger charge is -2.29. The van der Waals surface area contributed by atoms with E-state index in [1.54, 1.807) is 24.0 Å². The molecule has 1 N–H and O–H groups in total. The summed E-state index contributed by atoms with van der Waals surface area (Å²) >= 11 is 3.40. The second kappa shape index (κ2) is 10.4. The maximum Gasteiger partial charge on any atom is 0.242 e. The topological polar surface area (TPSA) is 49.4 Å². The van der Waals surface area contributed by atoms with E-state index < -0.39 is 6.04 Å². The van der Waals surface area contributed by atoms with E-state index in [0.29, 0.717) is 24.6 Å². The second-order valence-corrected chi connectivity index (χ2v) is 8.18. The van der Waals surface area contributed by atoms with Crippen LogP contribution in [0.1, 0.15) is 31.9 Å². The summed E-state index contributed by atoms with van der Waals surface area (Å²) in [6, 6.07) is 12.9. The molecule has 2 aromatic carbocycles. The van der Waals surface area contributed by atoms with Gasteiger partial charge < -0.3 is 10.2 Å². The number of amides is 2. The molecule has 2 amide bonds. The van der Waals surface area contributed by atoms with E-state index in [-0.39, 0.29) is 24.1 Å². The van der Waals surface area contributed by atoms with Crippen LogP contribution in [0.15, 0.2) is 53.0 Å². The van der Waals surface area contributed by atoms with Gasteiger partial charge in [0.05, 0.1) is 6.42 Å². The average Bonchev–Trinajstić information content (AvgIpc) is 2.66. The van der Waals surface area contributed by atoms with E-state index in [4.69, 9.17) is 0 Å². The molecule has 0 aliphatic rings. The van der Waals surface area contributed by atoms with Crippen molar-refractivity contribution in [1.82, 2.24) is 10.2 Å². The summed E-state index contributed by atoms with van der Waals surface area (Å²) < 4.78 is 14.1. The number of nitrogens with one attached hydrogen (secondary N) is 1. The normalized spacial score (nSPS) is 11.9. The van der Waals surface area contributed by atoms with E-state index in [1.807, 2.05) is 38.1 Å². The van der Waals surface area contributed by atoms with Crippen LogP contribution in [0.5, 0.6) is 0 Å². The van der Waals surface area contributed by atoms with Crippen LogP contribution in [0.2, 0.25) is 0 Å². The van der Waals surface area contributed by atoms with Crippen molar-refractivity contribution in [2.45, 2.75) is 39.8 Å². The zero-order chi connectivity index (χ0) is 20.7. The molecule has 0 radical (unpaired) electrons. The van der Waals surface area contributed by atoms with Gasteiger partial charge in [0, 0.05) is 17.6 Å². The van der Waals surface area contributed by atoms with Crippen molar-refractivity contribution in [3.8, 4) is 0 Å². The largest absolute Gasteiger partial charge is 0.354 e. The zero-order valence-corrected chi connectivity index (χ0v) is 18.0. The fourth-order valence-corrected chi connectivity index (χ4v) is 2.96. The van der Waals surface area contributed by atoms with Crippen LogP contribution in [0.4, 0.5) is 4.39 Å². The smallest absolute Gasteiger partial charge is 0.242 e. The summed E-state index contributed by atoms with van der Waals surface area (Å²) in [7, 11) is 0. The number of rotatable bonds is 8. The molecule has 0 aromatic heterocycles. The summed E-state index contributed by atoms with van der Waals surface area (Å²) in [4.78, 5) is 27.1. The van der Waals surface area contributed by atoms with E-state index in [9.17, 15) is 14.0 Å². The quantitative estimate of drug-likeness (QED) is 0.653. The summed E-state index contributed by atoms with van der Waals surface area (Å²) in [5.41, 5.74) is 1.64. The Morgan fingerprint density at radius 2 is 1.57 bits per heavy atom. The molecule has 0 aliphatic carbocycles. The Morgan fingerprint density at radius 3 is 2.14 bits per heavy atom. The lowest BCUT2D eigenvalue weighted by atomic mass is 10.1. The standard InChI is InChI=1S/C22H26BrFN2O2/c1-15(2)13-25-22(28)16(3)26(14-18-4-8-19(23)9-5-18)21(27)12-17-6-10-20(24)11-7-17/h4-11,15-16H,12-14H2,1-3H3,(H,25,28)/t16-/m0/s1. The lowest BCUT2D eigenvalue weighted by molar-refractivity contribution is -0.140. The lowest BCUT2D eigenvalue weighted by Crippen LogP contribution is -2.48. The van der Waals surface area contributed by atoms with Gasteiger partial charge in [-0.05, 0) is 48.2 Å². The number of benzene rings is 2. The molecule has 1 atom stereocenters. The molecule has 0 bridgehead atoms. The molecule has 4 nitrogen and oxygen atoms in total. The molecule has 0 spiro atoms. The van der Waals surface area contributed by atoms with Crippen molar-refractivity contribution in [2.75, 3.05) is 6.54 Å². The maximum atomic E-state index is 13.1. The van der Waals surface area contributed by atoms with Crippen LogP contribution in [0.3, 0.4) is 0 Å². The number of hydrogen-bond donors (Lipinski definition) is 1. The average molecular weight is 449 g/mol. The number of halogens is 2. The monoisotopic (exact) mass is 448 g/mol. The summed E-state index contributed by atoms with van der Waals surface area (Å²) in [5, 5.41) is 2.89. The molecule has 150 valence electrons. The van der Waals surface area contributed by atoms with Gasteiger partial charge in [-0.15, -0.1) is 0 Å². The fraction of sp³-hybridized carbons (Fsp3) is 0.364. The number of hydrogen-bond acceptors (Lipinski definition) is 2. The molecule has 28 heavy (non-hydrogen) atoms. The Labute approximate surface area is 174 Å². The SMILES string of the molecule is CC(C)CNC(=O)[C@H](C)N(Cc1ccc(Br)cc1)C(=O)Cc1ccc(F)cc1. The van der Waals surface area contributed by atoms with Crippen molar-refractivity contribution in [3.05, 3.63) is 69.9 Å². The third-order valence-corrected chi connectivity index (χ3v) is 4.92. The minimum absolute atomic E-state index is 0.110. The summed E-state index contributed by atoms with van der Waals surface area (Å²) in [5.74, 6) is -0.379. The molecule has 0 heterocycles. The molecule has 2 rings (SSSR count). The third kappa shape index (κ3) is 6.75. The predicted molar refractivity (Wildman–Crippen MR) is 112 cm³/mol. The highest BCUT2D eigenvalue weighted by Crippen LogP contribution is 2.16. The Kier molecular flexibility index (Phi) is 8.18. The van der Waals surface area contributed by atoms with Gasteiger partial charge in [0.2, 0.25) is 11.8 Å². The molecular weight excluding hydrogens is 423 g/mol. The van der Waals surface area contributed by atoms with Gasteiger partial charge in [-0.1, -0.05) is 54.0 Å². The highest BCUT2D eigenvalue weighted by atomic mass is 79.9. The molecule has 0 saturated heterocycles. The van der Waals surface area contributed by atoms with E-state index in [2.05, 4.69) is 21.2 Å².